The number of urea groups is 1. The third-order valence-electron chi connectivity index (χ3n) is 4.57. The lowest BCUT2D eigenvalue weighted by atomic mass is 9.88. The van der Waals surface area contributed by atoms with Crippen molar-refractivity contribution in [1.82, 2.24) is 25.1 Å². The molecule has 3 heterocycles. The summed E-state index contributed by atoms with van der Waals surface area (Å²) in [5.74, 6) is -0.111. The largest absolute Gasteiger partial charge is 0.456 e. The number of amides is 3. The van der Waals surface area contributed by atoms with Crippen molar-refractivity contribution in [1.29, 1.82) is 0 Å². The van der Waals surface area contributed by atoms with Crippen LogP contribution in [0.3, 0.4) is 0 Å². The Morgan fingerprint density at radius 2 is 1.85 bits per heavy atom. The van der Waals surface area contributed by atoms with Crippen molar-refractivity contribution in [3.63, 3.8) is 0 Å². The second kappa shape index (κ2) is 9.27. The molecule has 0 unspecified atom stereocenters. The van der Waals surface area contributed by atoms with Crippen molar-refractivity contribution in [3.8, 4) is 22.8 Å². The number of carbonyl (C=O) groups excluding carboxylic acids is 2. The smallest absolute Gasteiger partial charge is 0.394 e. The monoisotopic (exact) mass is 462 g/mol. The number of nitrogens with zero attached hydrogens (tertiary/aromatic N) is 4. The highest BCUT2D eigenvalue weighted by Crippen LogP contribution is 2.40. The standard InChI is InChI=1S/C21H21F3N6O3/c1-20(2,21(22,23)24)9-18(31)29-19(32)28-17-5-4-15(11-26-17)33-14-6-7-25-16(8-14)13-10-27-30(3)12-13/h4-8,10-12H,9H2,1-3H3,(H2,26,28,29,31,32). The Bertz CT molecular complexity index is 1140. The lowest BCUT2D eigenvalue weighted by Crippen LogP contribution is -2.41. The first-order chi connectivity index (χ1) is 15.4. The van der Waals surface area contributed by atoms with Crippen LogP contribution in [0.5, 0.6) is 11.5 Å². The van der Waals surface area contributed by atoms with Crippen molar-refractivity contribution in [2.24, 2.45) is 12.5 Å². The lowest BCUT2D eigenvalue weighted by molar-refractivity contribution is -0.213. The predicted octanol–water partition coefficient (Wildman–Crippen LogP) is 4.30. The first-order valence-electron chi connectivity index (χ1n) is 9.69. The van der Waals surface area contributed by atoms with Crippen molar-refractivity contribution < 1.29 is 27.5 Å². The van der Waals surface area contributed by atoms with Crippen LogP contribution in [0.2, 0.25) is 0 Å². The van der Waals surface area contributed by atoms with Crippen LogP contribution in [0, 0.1) is 5.41 Å². The van der Waals surface area contributed by atoms with Crippen molar-refractivity contribution in [2.75, 3.05) is 5.32 Å². The van der Waals surface area contributed by atoms with Crippen LogP contribution in [0.1, 0.15) is 20.3 Å². The van der Waals surface area contributed by atoms with E-state index in [4.69, 9.17) is 4.74 Å². The molecular formula is C21H21F3N6O3. The van der Waals surface area contributed by atoms with Gasteiger partial charge in [-0.25, -0.2) is 9.78 Å². The molecule has 0 aliphatic heterocycles. The number of aryl methyl sites for hydroxylation is 1. The van der Waals surface area contributed by atoms with Gasteiger partial charge in [0.25, 0.3) is 0 Å². The molecule has 9 nitrogen and oxygen atoms in total. The SMILES string of the molecule is Cn1cc(-c2cc(Oc3ccc(NC(=O)NC(=O)CC(C)(C)C(F)(F)F)nc3)ccn2)cn1. The van der Waals surface area contributed by atoms with Gasteiger partial charge in [0.15, 0.2) is 0 Å². The number of alkyl halides is 3. The number of rotatable bonds is 6. The molecule has 174 valence electrons. The summed E-state index contributed by atoms with van der Waals surface area (Å²) in [7, 11) is 1.80. The molecule has 0 saturated carbocycles. The van der Waals surface area contributed by atoms with Gasteiger partial charge in [0.2, 0.25) is 5.91 Å². The zero-order valence-electron chi connectivity index (χ0n) is 18.0. The molecule has 3 aromatic rings. The maximum Gasteiger partial charge on any atom is 0.394 e. The number of imide groups is 1. The fraction of sp³-hybridized carbons (Fsp3) is 0.286. The van der Waals surface area contributed by atoms with Gasteiger partial charge < -0.3 is 4.74 Å². The molecule has 3 aromatic heterocycles. The van der Waals surface area contributed by atoms with Crippen molar-refractivity contribution in [3.05, 3.63) is 49.1 Å². The Morgan fingerprint density at radius 1 is 1.09 bits per heavy atom. The van der Waals surface area contributed by atoms with Crippen LogP contribution in [0.15, 0.2) is 49.1 Å². The number of pyridine rings is 2. The van der Waals surface area contributed by atoms with Crippen LogP contribution < -0.4 is 15.4 Å². The highest BCUT2D eigenvalue weighted by molar-refractivity contribution is 6.00. The zero-order chi connectivity index (χ0) is 24.2. The number of hydrogen-bond acceptors (Lipinski definition) is 6. The minimum absolute atomic E-state index is 0.0773. The number of halogens is 3. The highest BCUT2D eigenvalue weighted by Gasteiger charge is 2.48. The molecule has 0 bridgehead atoms. The maximum atomic E-state index is 12.9. The van der Waals surface area contributed by atoms with Gasteiger partial charge in [-0.2, -0.15) is 18.3 Å². The van der Waals surface area contributed by atoms with E-state index in [1.165, 1.54) is 18.3 Å². The van der Waals surface area contributed by atoms with Crippen LogP contribution in [0.4, 0.5) is 23.8 Å². The first kappa shape index (κ1) is 23.7. The van der Waals surface area contributed by atoms with E-state index in [9.17, 15) is 22.8 Å². The van der Waals surface area contributed by atoms with Crippen LogP contribution in [-0.4, -0.2) is 37.9 Å². The quantitative estimate of drug-likeness (QED) is 0.565. The molecule has 3 amide bonds. The number of carbonyl (C=O) groups is 2. The Hall–Kier alpha value is -3.96. The van der Waals surface area contributed by atoms with E-state index in [2.05, 4.69) is 20.4 Å². The van der Waals surface area contributed by atoms with Crippen LogP contribution in [-0.2, 0) is 11.8 Å². The van der Waals surface area contributed by atoms with E-state index in [1.807, 2.05) is 11.5 Å². The van der Waals surface area contributed by atoms with Gasteiger partial charge in [-0.15, -0.1) is 0 Å². The summed E-state index contributed by atoms with van der Waals surface area (Å²) in [6, 6.07) is 5.34. The molecule has 0 radical (unpaired) electrons. The van der Waals surface area contributed by atoms with Gasteiger partial charge in [-0.05, 0) is 18.2 Å². The molecular weight excluding hydrogens is 441 g/mol. The van der Waals surface area contributed by atoms with E-state index in [0.29, 0.717) is 17.2 Å². The summed E-state index contributed by atoms with van der Waals surface area (Å²) < 4.78 is 46.0. The summed E-state index contributed by atoms with van der Waals surface area (Å²) in [5.41, 5.74) is -0.778. The molecule has 0 fully saturated rings. The van der Waals surface area contributed by atoms with Crippen LogP contribution >= 0.6 is 0 Å². The molecule has 0 spiro atoms. The predicted molar refractivity (Wildman–Crippen MR) is 112 cm³/mol. The Labute approximate surface area is 187 Å². The fourth-order valence-electron chi connectivity index (χ4n) is 2.66. The number of anilines is 1. The Balaban J connectivity index is 1.56. The molecule has 0 aromatic carbocycles. The average molecular weight is 462 g/mol. The molecule has 2 N–H and O–H groups in total. The topological polar surface area (TPSA) is 111 Å². The Kier molecular flexibility index (Phi) is 6.65. The second-order valence-corrected chi connectivity index (χ2v) is 7.82. The molecule has 3 rings (SSSR count). The van der Waals surface area contributed by atoms with Gasteiger partial charge in [-0.3, -0.25) is 25.1 Å². The highest BCUT2D eigenvalue weighted by atomic mass is 19.4. The van der Waals surface area contributed by atoms with Crippen molar-refractivity contribution >= 4 is 17.8 Å². The first-order valence-corrected chi connectivity index (χ1v) is 9.69. The van der Waals surface area contributed by atoms with E-state index < -0.39 is 30.0 Å². The zero-order valence-corrected chi connectivity index (χ0v) is 18.0. The van der Waals surface area contributed by atoms with Crippen molar-refractivity contribution in [2.45, 2.75) is 26.4 Å². The molecule has 0 atom stereocenters. The number of ether oxygens (including phenoxy) is 1. The van der Waals surface area contributed by atoms with E-state index in [1.54, 1.807) is 36.3 Å². The van der Waals surface area contributed by atoms with E-state index in [0.717, 1.165) is 19.4 Å². The molecule has 12 heteroatoms. The summed E-state index contributed by atoms with van der Waals surface area (Å²) in [4.78, 5) is 32.0. The van der Waals surface area contributed by atoms with Gasteiger partial charge in [-0.1, -0.05) is 13.8 Å². The summed E-state index contributed by atoms with van der Waals surface area (Å²) in [6.45, 7) is 1.76. The summed E-state index contributed by atoms with van der Waals surface area (Å²) >= 11 is 0. The Morgan fingerprint density at radius 3 is 2.45 bits per heavy atom. The summed E-state index contributed by atoms with van der Waals surface area (Å²) in [5, 5.41) is 8.24. The van der Waals surface area contributed by atoms with E-state index >= 15 is 0 Å². The second-order valence-electron chi connectivity index (χ2n) is 7.82. The van der Waals surface area contributed by atoms with Crippen LogP contribution in [0.25, 0.3) is 11.3 Å². The number of aromatic nitrogens is 4. The van der Waals surface area contributed by atoms with Gasteiger partial charge in [0.05, 0.1) is 23.5 Å². The fourth-order valence-corrected chi connectivity index (χ4v) is 2.66. The molecule has 0 saturated heterocycles. The lowest BCUT2D eigenvalue weighted by Gasteiger charge is -2.26. The van der Waals surface area contributed by atoms with Gasteiger partial charge in [0.1, 0.15) is 17.3 Å². The minimum Gasteiger partial charge on any atom is -0.456 e. The minimum atomic E-state index is -4.58. The summed E-state index contributed by atoms with van der Waals surface area (Å²) in [6.07, 6.45) is 0.946. The molecule has 0 aliphatic carbocycles. The molecule has 0 aliphatic rings. The molecule has 33 heavy (non-hydrogen) atoms. The third kappa shape index (κ3) is 6.28. The van der Waals surface area contributed by atoms with E-state index in [-0.39, 0.29) is 5.82 Å². The normalized spacial score (nSPS) is 11.7. The number of nitrogens with one attached hydrogen (secondary N) is 2. The van der Waals surface area contributed by atoms with Gasteiger partial charge >= 0.3 is 12.2 Å². The maximum absolute atomic E-state index is 12.9. The third-order valence-corrected chi connectivity index (χ3v) is 4.57. The van der Waals surface area contributed by atoms with Gasteiger partial charge in [0, 0.05) is 37.5 Å². The average Bonchev–Trinajstić information content (AvgIpc) is 3.14. The number of hydrogen-bond donors (Lipinski definition) is 2.